The summed E-state index contributed by atoms with van der Waals surface area (Å²) in [7, 11) is 0. The maximum Gasteiger partial charge on any atom is 0.338 e. The molecule has 0 spiro atoms. The molecule has 4 rings (SSSR count). The van der Waals surface area contributed by atoms with Gasteiger partial charge in [0.2, 0.25) is 5.91 Å². The number of urea groups is 1. The van der Waals surface area contributed by atoms with E-state index in [1.807, 2.05) is 52.8 Å². The summed E-state index contributed by atoms with van der Waals surface area (Å²) in [5.74, 6) is -1.55. The smallest absolute Gasteiger partial charge is 0.338 e. The Labute approximate surface area is 270 Å². The number of ketones is 1. The Balaban J connectivity index is 1.71. The van der Waals surface area contributed by atoms with E-state index in [0.717, 1.165) is 11.1 Å². The number of benzene rings is 3. The van der Waals surface area contributed by atoms with Crippen molar-refractivity contribution in [3.8, 4) is 0 Å². The zero-order valence-electron chi connectivity index (χ0n) is 27.5. The lowest BCUT2D eigenvalue weighted by Gasteiger charge is -2.28. The maximum atomic E-state index is 14.3. The second-order valence-electron chi connectivity index (χ2n) is 12.8. The van der Waals surface area contributed by atoms with Crippen molar-refractivity contribution < 1.29 is 28.7 Å². The predicted molar refractivity (Wildman–Crippen MR) is 179 cm³/mol. The van der Waals surface area contributed by atoms with E-state index in [1.165, 1.54) is 15.9 Å². The van der Waals surface area contributed by atoms with E-state index in [4.69, 9.17) is 4.74 Å². The molecular formula is C36H42N4O6. The summed E-state index contributed by atoms with van der Waals surface area (Å²) < 4.78 is 5.13. The van der Waals surface area contributed by atoms with Crippen LogP contribution in [-0.4, -0.2) is 55.3 Å². The number of carbonyl (C=O) groups excluding carboxylic acids is 5. The molecule has 10 heteroatoms. The van der Waals surface area contributed by atoms with Crippen LogP contribution in [0.15, 0.2) is 60.7 Å². The van der Waals surface area contributed by atoms with Crippen LogP contribution in [0.25, 0.3) is 0 Å². The summed E-state index contributed by atoms with van der Waals surface area (Å²) >= 11 is 0. The van der Waals surface area contributed by atoms with Crippen molar-refractivity contribution in [3.05, 3.63) is 88.5 Å². The molecule has 2 N–H and O–H groups in total. The molecule has 1 heterocycles. The lowest BCUT2D eigenvalue weighted by Crippen LogP contribution is -2.54. The molecule has 242 valence electrons. The van der Waals surface area contributed by atoms with Crippen molar-refractivity contribution >= 4 is 46.7 Å². The van der Waals surface area contributed by atoms with Gasteiger partial charge >= 0.3 is 12.0 Å². The van der Waals surface area contributed by atoms with Crippen molar-refractivity contribution in [1.29, 1.82) is 0 Å². The first-order valence-electron chi connectivity index (χ1n) is 15.3. The molecular weight excluding hydrogens is 584 g/mol. The highest BCUT2D eigenvalue weighted by molar-refractivity contribution is 6.13. The summed E-state index contributed by atoms with van der Waals surface area (Å²) in [6.45, 7) is 12.8. The Kier molecular flexibility index (Phi) is 10.3. The lowest BCUT2D eigenvalue weighted by molar-refractivity contribution is -0.121. The van der Waals surface area contributed by atoms with Gasteiger partial charge in [-0.15, -0.1) is 0 Å². The zero-order valence-corrected chi connectivity index (χ0v) is 27.5. The molecule has 1 unspecified atom stereocenters. The van der Waals surface area contributed by atoms with Gasteiger partial charge in [-0.2, -0.15) is 0 Å². The van der Waals surface area contributed by atoms with E-state index >= 15 is 0 Å². The van der Waals surface area contributed by atoms with E-state index in [2.05, 4.69) is 10.6 Å². The van der Waals surface area contributed by atoms with Gasteiger partial charge in [0.15, 0.2) is 5.78 Å². The minimum Gasteiger partial charge on any atom is -0.462 e. The topological polar surface area (TPSA) is 125 Å². The highest BCUT2D eigenvalue weighted by atomic mass is 16.5. The van der Waals surface area contributed by atoms with Gasteiger partial charge in [0.25, 0.3) is 5.91 Å². The van der Waals surface area contributed by atoms with Crippen LogP contribution in [0.4, 0.5) is 21.9 Å². The molecule has 0 bridgehead atoms. The van der Waals surface area contributed by atoms with Gasteiger partial charge in [0, 0.05) is 17.7 Å². The van der Waals surface area contributed by atoms with Gasteiger partial charge in [0.1, 0.15) is 6.04 Å². The number of carbonyl (C=O) groups is 5. The van der Waals surface area contributed by atoms with Crippen molar-refractivity contribution in [2.24, 2.45) is 5.41 Å². The molecule has 4 amide bonds. The first-order valence-corrected chi connectivity index (χ1v) is 15.3. The van der Waals surface area contributed by atoms with Crippen molar-refractivity contribution in [1.82, 2.24) is 5.32 Å². The number of rotatable bonds is 8. The number of fused-ring (bicyclic) bond motifs is 1. The first kappa shape index (κ1) is 33.9. The third-order valence-corrected chi connectivity index (χ3v) is 7.67. The number of aryl methyl sites for hydroxylation is 3. The van der Waals surface area contributed by atoms with Crippen molar-refractivity contribution in [2.75, 3.05) is 34.8 Å². The highest BCUT2D eigenvalue weighted by Gasteiger charge is 2.38. The average molecular weight is 627 g/mol. The SMILES string of the molecule is CCOC(=O)c1cc(NC(=O)NC2CN(C(=O)CC(C)(C)C)c3ccc(C)cc3N(CC(=O)c3ccccc3C)C2=O)ccc1C. The van der Waals surface area contributed by atoms with E-state index in [1.54, 1.807) is 50.2 Å². The van der Waals surface area contributed by atoms with Crippen LogP contribution in [0.2, 0.25) is 0 Å². The predicted octanol–water partition coefficient (Wildman–Crippen LogP) is 5.98. The van der Waals surface area contributed by atoms with Crippen LogP contribution in [0.3, 0.4) is 0 Å². The number of amides is 4. The normalized spacial score (nSPS) is 14.7. The monoisotopic (exact) mass is 626 g/mol. The van der Waals surface area contributed by atoms with Crippen LogP contribution >= 0.6 is 0 Å². The molecule has 1 atom stereocenters. The summed E-state index contributed by atoms with van der Waals surface area (Å²) in [6.07, 6.45) is 0.190. The Morgan fingerprint density at radius 1 is 0.891 bits per heavy atom. The number of hydrogen-bond donors (Lipinski definition) is 2. The van der Waals surface area contributed by atoms with E-state index in [9.17, 15) is 24.0 Å². The van der Waals surface area contributed by atoms with Crippen molar-refractivity contribution in [2.45, 2.75) is 60.9 Å². The molecule has 0 aromatic heterocycles. The fraction of sp³-hybridized carbons (Fsp3) is 0.361. The Hall–Kier alpha value is -4.99. The number of esters is 1. The molecule has 3 aromatic carbocycles. The maximum absolute atomic E-state index is 14.3. The standard InChI is InChI=1S/C36H42N4O6/c1-8-46-34(44)27-18-25(15-14-24(27)4)37-35(45)38-28-20-39(32(42)19-36(5,6)7)29-16-13-22(2)17-30(29)40(33(28)43)21-31(41)26-12-10-9-11-23(26)3/h9-18,28H,8,19-21H2,1-7H3,(H2,37,38,45). The Morgan fingerprint density at radius 2 is 1.59 bits per heavy atom. The van der Waals surface area contributed by atoms with Crippen LogP contribution < -0.4 is 20.4 Å². The Bertz CT molecular complexity index is 1680. The van der Waals surface area contributed by atoms with Crippen molar-refractivity contribution in [3.63, 3.8) is 0 Å². The number of hydrogen-bond acceptors (Lipinski definition) is 6. The van der Waals surface area contributed by atoms with Gasteiger partial charge in [0.05, 0.1) is 36.6 Å². The summed E-state index contributed by atoms with van der Waals surface area (Å²) in [4.78, 5) is 70.4. The molecule has 0 radical (unpaired) electrons. The lowest BCUT2D eigenvalue weighted by atomic mass is 9.91. The van der Waals surface area contributed by atoms with E-state index < -0.39 is 23.9 Å². The van der Waals surface area contributed by atoms with E-state index in [0.29, 0.717) is 33.8 Å². The van der Waals surface area contributed by atoms with Crippen LogP contribution in [0.5, 0.6) is 0 Å². The Morgan fingerprint density at radius 3 is 2.26 bits per heavy atom. The molecule has 0 aliphatic carbocycles. The summed E-state index contributed by atoms with van der Waals surface area (Å²) in [5, 5.41) is 5.43. The van der Waals surface area contributed by atoms with Crippen LogP contribution in [0, 0.1) is 26.2 Å². The minimum atomic E-state index is -1.20. The fourth-order valence-corrected chi connectivity index (χ4v) is 5.37. The van der Waals surface area contributed by atoms with E-state index in [-0.39, 0.29) is 43.2 Å². The number of nitrogens with zero attached hydrogens (tertiary/aromatic N) is 2. The zero-order chi connectivity index (χ0) is 33.8. The van der Waals surface area contributed by atoms with Crippen LogP contribution in [0.1, 0.15) is 71.5 Å². The molecule has 1 aliphatic rings. The highest BCUT2D eigenvalue weighted by Crippen LogP contribution is 2.36. The van der Waals surface area contributed by atoms with Crippen LogP contribution in [-0.2, 0) is 14.3 Å². The van der Waals surface area contributed by atoms with Gasteiger partial charge in [-0.05, 0) is 74.1 Å². The van der Waals surface area contributed by atoms with Gasteiger partial charge in [-0.3, -0.25) is 14.4 Å². The number of nitrogens with one attached hydrogen (secondary N) is 2. The average Bonchev–Trinajstić information content (AvgIpc) is 3.08. The minimum absolute atomic E-state index is 0.145. The number of Topliss-reactive ketones (excluding diaryl/α,β-unsaturated/α-hetero) is 1. The third kappa shape index (κ3) is 7.99. The first-order chi connectivity index (χ1) is 21.7. The molecule has 0 saturated heterocycles. The summed E-state index contributed by atoms with van der Waals surface area (Å²) in [6, 6.07) is 15.5. The fourth-order valence-electron chi connectivity index (χ4n) is 5.37. The molecule has 10 nitrogen and oxygen atoms in total. The van der Waals surface area contributed by atoms with Gasteiger partial charge < -0.3 is 25.2 Å². The number of ether oxygens (including phenoxy) is 1. The quantitative estimate of drug-likeness (QED) is 0.234. The second-order valence-corrected chi connectivity index (χ2v) is 12.8. The molecule has 1 aliphatic heterocycles. The second kappa shape index (κ2) is 14.0. The third-order valence-electron chi connectivity index (χ3n) is 7.67. The molecule has 46 heavy (non-hydrogen) atoms. The summed E-state index contributed by atoms with van der Waals surface area (Å²) in [5.41, 5.74) is 3.94. The van der Waals surface area contributed by atoms with Gasteiger partial charge in [-0.25, -0.2) is 9.59 Å². The molecule has 0 fully saturated rings. The molecule has 3 aromatic rings. The number of anilines is 3. The van der Waals surface area contributed by atoms with Gasteiger partial charge in [-0.1, -0.05) is 57.2 Å². The largest absolute Gasteiger partial charge is 0.462 e. The molecule has 0 saturated carbocycles.